The monoisotopic (exact) mass is 284 g/mol. The van der Waals surface area contributed by atoms with E-state index in [1.165, 1.54) is 5.56 Å². The van der Waals surface area contributed by atoms with Crippen molar-refractivity contribution in [3.05, 3.63) is 64.7 Å². The Balaban J connectivity index is 1.90. The minimum absolute atomic E-state index is 0.346. The zero-order valence-electron chi connectivity index (χ0n) is 11.4. The van der Waals surface area contributed by atoms with Gasteiger partial charge in [-0.15, -0.1) is 0 Å². The summed E-state index contributed by atoms with van der Waals surface area (Å²) in [6.45, 7) is 2.15. The maximum atomic E-state index is 8.85. The number of anilines is 1. The van der Waals surface area contributed by atoms with Crippen molar-refractivity contribution in [2.24, 2.45) is 0 Å². The van der Waals surface area contributed by atoms with Crippen LogP contribution < -0.4 is 5.32 Å². The quantitative estimate of drug-likeness (QED) is 0.868. The van der Waals surface area contributed by atoms with Crippen molar-refractivity contribution in [3.8, 4) is 6.07 Å². The van der Waals surface area contributed by atoms with Crippen molar-refractivity contribution in [3.63, 3.8) is 0 Å². The Morgan fingerprint density at radius 2 is 1.95 bits per heavy atom. The van der Waals surface area contributed by atoms with Crippen LogP contribution in [0.4, 0.5) is 5.69 Å². The molecule has 2 rings (SSSR count). The molecule has 0 heterocycles. The second-order valence-corrected chi connectivity index (χ2v) is 5.28. The second kappa shape index (κ2) is 6.98. The number of hydrogen-bond donors (Lipinski definition) is 1. The van der Waals surface area contributed by atoms with Crippen LogP contribution in [0.15, 0.2) is 48.5 Å². The Kier molecular flexibility index (Phi) is 5.03. The van der Waals surface area contributed by atoms with Crippen LogP contribution in [-0.4, -0.2) is 6.04 Å². The molecule has 1 N–H and O–H groups in total. The van der Waals surface area contributed by atoms with Crippen LogP contribution in [0.1, 0.15) is 24.5 Å². The van der Waals surface area contributed by atoms with Gasteiger partial charge in [-0.3, -0.25) is 0 Å². The van der Waals surface area contributed by atoms with Gasteiger partial charge in [0.25, 0.3) is 0 Å². The number of nitriles is 1. The van der Waals surface area contributed by atoms with E-state index in [1.54, 1.807) is 12.1 Å². The van der Waals surface area contributed by atoms with Gasteiger partial charge in [0.15, 0.2) is 0 Å². The lowest BCUT2D eigenvalue weighted by atomic mass is 10.1. The molecule has 1 atom stereocenters. The molecule has 2 aromatic carbocycles. The molecule has 20 heavy (non-hydrogen) atoms. The van der Waals surface area contributed by atoms with Gasteiger partial charge in [-0.1, -0.05) is 41.9 Å². The fourth-order valence-electron chi connectivity index (χ4n) is 2.08. The lowest BCUT2D eigenvalue weighted by molar-refractivity contribution is 0.706. The third kappa shape index (κ3) is 4.01. The van der Waals surface area contributed by atoms with Gasteiger partial charge in [-0.2, -0.15) is 5.26 Å². The molecular formula is C17H17ClN2. The summed E-state index contributed by atoms with van der Waals surface area (Å²) in [6, 6.07) is 18.3. The van der Waals surface area contributed by atoms with Crippen molar-refractivity contribution >= 4 is 17.3 Å². The molecule has 1 unspecified atom stereocenters. The van der Waals surface area contributed by atoms with E-state index in [2.05, 4.69) is 42.6 Å². The smallest absolute Gasteiger partial charge is 0.101 e. The number of rotatable bonds is 5. The van der Waals surface area contributed by atoms with Crippen LogP contribution in [0.2, 0.25) is 5.02 Å². The van der Waals surface area contributed by atoms with Gasteiger partial charge < -0.3 is 5.32 Å². The van der Waals surface area contributed by atoms with Gasteiger partial charge in [0.1, 0.15) is 6.07 Å². The zero-order valence-corrected chi connectivity index (χ0v) is 12.2. The first kappa shape index (κ1) is 14.4. The van der Waals surface area contributed by atoms with Gasteiger partial charge in [-0.25, -0.2) is 0 Å². The molecule has 3 heteroatoms. The summed E-state index contributed by atoms with van der Waals surface area (Å²) in [4.78, 5) is 0. The first-order valence-electron chi connectivity index (χ1n) is 6.69. The molecule has 102 valence electrons. The van der Waals surface area contributed by atoms with E-state index in [9.17, 15) is 0 Å². The van der Waals surface area contributed by atoms with Crippen LogP contribution in [-0.2, 0) is 6.42 Å². The maximum absolute atomic E-state index is 8.85. The molecule has 0 saturated carbocycles. The standard InChI is InChI=1S/C17H17ClN2/c1-13(7-8-14-5-3-2-4-6-14)20-16-10-9-15(12-19)17(18)11-16/h2-6,9-11,13,20H,7-8H2,1H3. The van der Waals surface area contributed by atoms with Crippen LogP contribution >= 0.6 is 11.6 Å². The molecule has 0 aliphatic carbocycles. The predicted octanol–water partition coefficient (Wildman–Crippen LogP) is 4.64. The van der Waals surface area contributed by atoms with E-state index in [4.69, 9.17) is 16.9 Å². The minimum atomic E-state index is 0.346. The molecule has 0 bridgehead atoms. The van der Waals surface area contributed by atoms with Crippen LogP contribution in [0.5, 0.6) is 0 Å². The Bertz CT molecular complexity index is 602. The molecule has 0 fully saturated rings. The summed E-state index contributed by atoms with van der Waals surface area (Å²) >= 11 is 6.02. The molecule has 0 saturated heterocycles. The first-order valence-corrected chi connectivity index (χ1v) is 7.07. The summed E-state index contributed by atoms with van der Waals surface area (Å²) in [6.07, 6.45) is 2.08. The summed E-state index contributed by atoms with van der Waals surface area (Å²) in [5.41, 5.74) is 2.81. The van der Waals surface area contributed by atoms with Gasteiger partial charge in [0.2, 0.25) is 0 Å². The zero-order chi connectivity index (χ0) is 14.4. The highest BCUT2D eigenvalue weighted by atomic mass is 35.5. The molecule has 2 aromatic rings. The summed E-state index contributed by atoms with van der Waals surface area (Å²) in [5.74, 6) is 0. The average Bonchev–Trinajstić information content (AvgIpc) is 2.46. The van der Waals surface area contributed by atoms with Gasteiger partial charge in [-0.05, 0) is 43.5 Å². The Hall–Kier alpha value is -1.98. The van der Waals surface area contributed by atoms with Gasteiger partial charge in [0, 0.05) is 11.7 Å². The van der Waals surface area contributed by atoms with E-state index in [0.29, 0.717) is 16.6 Å². The Morgan fingerprint density at radius 1 is 1.20 bits per heavy atom. The first-order chi connectivity index (χ1) is 9.69. The van der Waals surface area contributed by atoms with Crippen molar-refractivity contribution in [2.45, 2.75) is 25.8 Å². The minimum Gasteiger partial charge on any atom is -0.383 e. The topological polar surface area (TPSA) is 35.8 Å². The third-order valence-corrected chi connectivity index (χ3v) is 3.52. The summed E-state index contributed by atoms with van der Waals surface area (Å²) in [7, 11) is 0. The maximum Gasteiger partial charge on any atom is 0.101 e. The largest absolute Gasteiger partial charge is 0.383 e. The normalized spacial score (nSPS) is 11.7. The van der Waals surface area contributed by atoms with Gasteiger partial charge >= 0.3 is 0 Å². The number of nitrogens with zero attached hydrogens (tertiary/aromatic N) is 1. The third-order valence-electron chi connectivity index (χ3n) is 3.21. The molecular weight excluding hydrogens is 268 g/mol. The fourth-order valence-corrected chi connectivity index (χ4v) is 2.30. The lowest BCUT2D eigenvalue weighted by Crippen LogP contribution is -2.16. The molecule has 0 aliphatic heterocycles. The van der Waals surface area contributed by atoms with Gasteiger partial charge in [0.05, 0.1) is 10.6 Å². The Labute approximate surface area is 125 Å². The predicted molar refractivity (Wildman–Crippen MR) is 84.0 cm³/mol. The lowest BCUT2D eigenvalue weighted by Gasteiger charge is -2.15. The van der Waals surface area contributed by atoms with E-state index in [1.807, 2.05) is 12.1 Å². The second-order valence-electron chi connectivity index (χ2n) is 4.88. The van der Waals surface area contributed by atoms with Crippen LogP contribution in [0, 0.1) is 11.3 Å². The molecule has 0 aromatic heterocycles. The van der Waals surface area contributed by atoms with Crippen LogP contribution in [0.3, 0.4) is 0 Å². The highest BCUT2D eigenvalue weighted by molar-refractivity contribution is 6.32. The highest BCUT2D eigenvalue weighted by Crippen LogP contribution is 2.21. The molecule has 0 aliphatic rings. The SMILES string of the molecule is CC(CCc1ccccc1)Nc1ccc(C#N)c(Cl)c1. The number of aryl methyl sites for hydroxylation is 1. The van der Waals surface area contributed by atoms with E-state index >= 15 is 0 Å². The summed E-state index contributed by atoms with van der Waals surface area (Å²) < 4.78 is 0. The highest BCUT2D eigenvalue weighted by Gasteiger charge is 2.05. The number of nitrogens with one attached hydrogen (secondary N) is 1. The number of benzene rings is 2. The number of halogens is 1. The van der Waals surface area contributed by atoms with Crippen LogP contribution in [0.25, 0.3) is 0 Å². The van der Waals surface area contributed by atoms with Crippen molar-refractivity contribution in [1.82, 2.24) is 0 Å². The van der Waals surface area contributed by atoms with E-state index in [0.717, 1.165) is 18.5 Å². The molecule has 0 radical (unpaired) electrons. The van der Waals surface area contributed by atoms with E-state index < -0.39 is 0 Å². The van der Waals surface area contributed by atoms with Crippen molar-refractivity contribution < 1.29 is 0 Å². The number of hydrogen-bond acceptors (Lipinski definition) is 2. The average molecular weight is 285 g/mol. The molecule has 2 nitrogen and oxygen atoms in total. The fraction of sp³-hybridized carbons (Fsp3) is 0.235. The summed E-state index contributed by atoms with van der Waals surface area (Å²) in [5, 5.41) is 12.8. The molecule has 0 spiro atoms. The van der Waals surface area contributed by atoms with E-state index in [-0.39, 0.29) is 0 Å². The van der Waals surface area contributed by atoms with Crippen molar-refractivity contribution in [1.29, 1.82) is 5.26 Å². The molecule has 0 amide bonds. The Morgan fingerprint density at radius 3 is 2.60 bits per heavy atom. The van der Waals surface area contributed by atoms with Crippen molar-refractivity contribution in [2.75, 3.05) is 5.32 Å².